The van der Waals surface area contributed by atoms with E-state index < -0.39 is 4.92 Å². The van der Waals surface area contributed by atoms with Crippen molar-refractivity contribution in [1.82, 2.24) is 0 Å². The molecule has 0 unspecified atom stereocenters. The van der Waals surface area contributed by atoms with E-state index in [1.54, 1.807) is 0 Å². The van der Waals surface area contributed by atoms with Crippen LogP contribution >= 0.6 is 15.9 Å². The first kappa shape index (κ1) is 16.8. The van der Waals surface area contributed by atoms with Crippen molar-refractivity contribution in [2.75, 3.05) is 12.3 Å². The molecule has 0 aromatic heterocycles. The molecule has 0 radical (unpaired) electrons. The highest BCUT2D eigenvalue weighted by Gasteiger charge is 2.15. The summed E-state index contributed by atoms with van der Waals surface area (Å²) in [5.74, 6) is 0.557. The number of nitrogens with two attached hydrogens (primary N) is 1. The number of halogens is 1. The Morgan fingerprint density at radius 1 is 1.25 bits per heavy atom. The molecule has 0 aliphatic carbocycles. The maximum Gasteiger partial charge on any atom is 0.293 e. The van der Waals surface area contributed by atoms with Crippen LogP contribution in [0.25, 0.3) is 0 Å². The molecule has 0 heterocycles. The largest absolute Gasteiger partial charge is 0.492 e. The molecule has 0 atom stereocenters. The standard InChI is InChI=1S/C14H21BrN2O3/c1-2-3-4-5-6-7-8-20-14-10-12(16)13(17(18)19)9-11(14)15/h9-10H,2-8,16H2,1H3. The molecule has 112 valence electrons. The number of nitrogen functional groups attached to an aromatic ring is 1. The molecule has 0 amide bonds. The number of ether oxygens (including phenoxy) is 1. The Morgan fingerprint density at radius 3 is 2.55 bits per heavy atom. The first-order valence-electron chi connectivity index (χ1n) is 6.92. The molecule has 0 bridgehead atoms. The van der Waals surface area contributed by atoms with E-state index in [2.05, 4.69) is 22.9 Å². The smallest absolute Gasteiger partial charge is 0.293 e. The van der Waals surface area contributed by atoms with Crippen LogP contribution in [0.4, 0.5) is 11.4 Å². The quantitative estimate of drug-likeness (QED) is 0.305. The highest BCUT2D eigenvalue weighted by Crippen LogP contribution is 2.34. The number of unbranched alkanes of at least 4 members (excludes halogenated alkanes) is 5. The third-order valence-corrected chi connectivity index (χ3v) is 3.65. The van der Waals surface area contributed by atoms with E-state index in [-0.39, 0.29) is 11.4 Å². The van der Waals surface area contributed by atoms with Crippen LogP contribution < -0.4 is 10.5 Å². The zero-order chi connectivity index (χ0) is 15.0. The first-order valence-corrected chi connectivity index (χ1v) is 7.71. The van der Waals surface area contributed by atoms with E-state index in [0.29, 0.717) is 16.8 Å². The third kappa shape index (κ3) is 5.36. The van der Waals surface area contributed by atoms with Gasteiger partial charge >= 0.3 is 0 Å². The molecule has 5 nitrogen and oxygen atoms in total. The fraction of sp³-hybridized carbons (Fsp3) is 0.571. The minimum Gasteiger partial charge on any atom is -0.492 e. The second-order valence-corrected chi connectivity index (χ2v) is 5.57. The summed E-state index contributed by atoms with van der Waals surface area (Å²) in [5, 5.41) is 10.7. The molecule has 0 saturated heterocycles. The van der Waals surface area contributed by atoms with E-state index in [0.717, 1.165) is 12.8 Å². The normalized spacial score (nSPS) is 10.5. The van der Waals surface area contributed by atoms with Crippen molar-refractivity contribution in [3.05, 3.63) is 26.7 Å². The van der Waals surface area contributed by atoms with E-state index >= 15 is 0 Å². The predicted octanol–water partition coefficient (Wildman–Crippen LogP) is 4.68. The predicted molar refractivity (Wildman–Crippen MR) is 84.1 cm³/mol. The molecule has 1 aromatic rings. The van der Waals surface area contributed by atoms with Crippen molar-refractivity contribution in [1.29, 1.82) is 0 Å². The Hall–Kier alpha value is -1.30. The van der Waals surface area contributed by atoms with Gasteiger partial charge in [-0.15, -0.1) is 0 Å². The summed E-state index contributed by atoms with van der Waals surface area (Å²) < 4.78 is 6.17. The first-order chi connectivity index (χ1) is 9.56. The van der Waals surface area contributed by atoms with E-state index in [1.165, 1.54) is 37.8 Å². The SMILES string of the molecule is CCCCCCCCOc1cc(N)c([N+](=O)[O-])cc1Br. The summed E-state index contributed by atoms with van der Waals surface area (Å²) >= 11 is 3.27. The number of nitro benzene ring substituents is 1. The Bertz CT molecular complexity index is 452. The van der Waals surface area contributed by atoms with Crippen molar-refractivity contribution in [3.8, 4) is 5.75 Å². The van der Waals surface area contributed by atoms with Crippen molar-refractivity contribution in [2.45, 2.75) is 45.4 Å². The van der Waals surface area contributed by atoms with Crippen molar-refractivity contribution >= 4 is 27.3 Å². The Labute approximate surface area is 127 Å². The van der Waals surface area contributed by atoms with Gasteiger partial charge in [0.1, 0.15) is 11.4 Å². The topological polar surface area (TPSA) is 78.4 Å². The second kappa shape index (κ2) is 8.79. The number of benzene rings is 1. The van der Waals surface area contributed by atoms with Gasteiger partial charge in [0.15, 0.2) is 0 Å². The molecule has 1 rings (SSSR count). The Balaban J connectivity index is 2.41. The molecule has 0 spiro atoms. The number of nitro groups is 1. The molecule has 0 aliphatic rings. The van der Waals surface area contributed by atoms with E-state index in [9.17, 15) is 10.1 Å². The Morgan fingerprint density at radius 2 is 1.90 bits per heavy atom. The zero-order valence-corrected chi connectivity index (χ0v) is 13.3. The minimum atomic E-state index is -0.502. The summed E-state index contributed by atoms with van der Waals surface area (Å²) in [7, 11) is 0. The van der Waals surface area contributed by atoms with Crippen LogP contribution in [0.15, 0.2) is 16.6 Å². The molecule has 6 heteroatoms. The lowest BCUT2D eigenvalue weighted by atomic mass is 10.1. The summed E-state index contributed by atoms with van der Waals surface area (Å²) in [6, 6.07) is 2.88. The molecule has 1 aromatic carbocycles. The van der Waals surface area contributed by atoms with E-state index in [4.69, 9.17) is 10.5 Å². The van der Waals surface area contributed by atoms with Crippen LogP contribution in [-0.4, -0.2) is 11.5 Å². The zero-order valence-electron chi connectivity index (χ0n) is 11.7. The monoisotopic (exact) mass is 344 g/mol. The van der Waals surface area contributed by atoms with Crippen LogP contribution in [0.1, 0.15) is 45.4 Å². The second-order valence-electron chi connectivity index (χ2n) is 4.71. The maximum absolute atomic E-state index is 10.7. The lowest BCUT2D eigenvalue weighted by Crippen LogP contribution is -2.01. The highest BCUT2D eigenvalue weighted by molar-refractivity contribution is 9.10. The lowest BCUT2D eigenvalue weighted by Gasteiger charge is -2.09. The Kier molecular flexibility index (Phi) is 7.36. The number of hydrogen-bond donors (Lipinski definition) is 1. The van der Waals surface area contributed by atoms with Crippen LogP contribution in [0.5, 0.6) is 5.75 Å². The number of nitrogens with zero attached hydrogens (tertiary/aromatic N) is 1. The highest BCUT2D eigenvalue weighted by atomic mass is 79.9. The molecule has 0 aliphatic heterocycles. The average molecular weight is 345 g/mol. The van der Waals surface area contributed by atoms with Gasteiger partial charge in [0.05, 0.1) is 16.0 Å². The van der Waals surface area contributed by atoms with Gasteiger partial charge in [0.2, 0.25) is 0 Å². The van der Waals surface area contributed by atoms with Gasteiger partial charge in [0.25, 0.3) is 5.69 Å². The number of hydrogen-bond acceptors (Lipinski definition) is 4. The summed E-state index contributed by atoms with van der Waals surface area (Å²) in [5.41, 5.74) is 5.65. The van der Waals surface area contributed by atoms with Crippen LogP contribution in [0.2, 0.25) is 0 Å². The number of anilines is 1. The van der Waals surface area contributed by atoms with Gasteiger partial charge in [-0.25, -0.2) is 0 Å². The van der Waals surface area contributed by atoms with Crippen LogP contribution in [0, 0.1) is 10.1 Å². The summed E-state index contributed by atoms with van der Waals surface area (Å²) in [4.78, 5) is 10.2. The summed E-state index contributed by atoms with van der Waals surface area (Å²) in [6.07, 6.45) is 7.13. The molecular weight excluding hydrogens is 324 g/mol. The van der Waals surface area contributed by atoms with Gasteiger partial charge in [0, 0.05) is 12.1 Å². The van der Waals surface area contributed by atoms with E-state index in [1.807, 2.05) is 0 Å². The molecular formula is C14H21BrN2O3. The van der Waals surface area contributed by atoms with Crippen molar-refractivity contribution in [3.63, 3.8) is 0 Å². The maximum atomic E-state index is 10.7. The van der Waals surface area contributed by atoms with Crippen LogP contribution in [0.3, 0.4) is 0 Å². The lowest BCUT2D eigenvalue weighted by molar-refractivity contribution is -0.384. The minimum absolute atomic E-state index is 0.108. The van der Waals surface area contributed by atoms with Crippen molar-refractivity contribution in [2.24, 2.45) is 0 Å². The average Bonchev–Trinajstić information content (AvgIpc) is 2.40. The van der Waals surface area contributed by atoms with Gasteiger partial charge in [-0.05, 0) is 22.4 Å². The third-order valence-electron chi connectivity index (χ3n) is 3.03. The number of rotatable bonds is 9. The van der Waals surface area contributed by atoms with Crippen molar-refractivity contribution < 1.29 is 9.66 Å². The molecule has 2 N–H and O–H groups in total. The van der Waals surface area contributed by atoms with Crippen LogP contribution in [-0.2, 0) is 0 Å². The summed E-state index contributed by atoms with van der Waals surface area (Å²) in [6.45, 7) is 2.79. The van der Waals surface area contributed by atoms with Gasteiger partial charge < -0.3 is 10.5 Å². The van der Waals surface area contributed by atoms with Gasteiger partial charge in [-0.2, -0.15) is 0 Å². The van der Waals surface area contributed by atoms with Gasteiger partial charge in [-0.1, -0.05) is 39.0 Å². The fourth-order valence-electron chi connectivity index (χ4n) is 1.89. The molecule has 20 heavy (non-hydrogen) atoms. The molecule has 0 saturated carbocycles. The van der Waals surface area contributed by atoms with Gasteiger partial charge in [-0.3, -0.25) is 10.1 Å². The molecule has 0 fully saturated rings. The fourth-order valence-corrected chi connectivity index (χ4v) is 2.34.